The topological polar surface area (TPSA) is 99.5 Å². The van der Waals surface area contributed by atoms with Crippen LogP contribution in [0, 0.1) is 20.8 Å². The maximum absolute atomic E-state index is 13.1. The second-order valence-corrected chi connectivity index (χ2v) is 9.35. The first kappa shape index (κ1) is 19.7. The minimum Gasteiger partial charge on any atom is -0.360 e. The van der Waals surface area contributed by atoms with Crippen molar-refractivity contribution in [1.82, 2.24) is 19.3 Å². The molecule has 1 N–H and O–H groups in total. The highest BCUT2D eigenvalue weighted by molar-refractivity contribution is 7.89. The Morgan fingerprint density at radius 3 is 2.62 bits per heavy atom. The summed E-state index contributed by atoms with van der Waals surface area (Å²) < 4.78 is 32.6. The zero-order valence-corrected chi connectivity index (χ0v) is 17.5. The number of sulfonamides is 1. The second kappa shape index (κ2) is 7.31. The Bertz CT molecular complexity index is 1160. The second-order valence-electron chi connectivity index (χ2n) is 7.48. The predicted molar refractivity (Wildman–Crippen MR) is 108 cm³/mol. The molecule has 9 heteroatoms. The van der Waals surface area contributed by atoms with Gasteiger partial charge < -0.3 is 14.4 Å². The number of hydrogen-bond donors (Lipinski definition) is 1. The Labute approximate surface area is 169 Å². The van der Waals surface area contributed by atoms with E-state index in [1.54, 1.807) is 18.7 Å². The van der Waals surface area contributed by atoms with E-state index in [0.717, 1.165) is 16.5 Å². The van der Waals surface area contributed by atoms with E-state index in [9.17, 15) is 13.2 Å². The van der Waals surface area contributed by atoms with Crippen molar-refractivity contribution in [2.45, 2.75) is 32.1 Å². The first-order valence-electron chi connectivity index (χ1n) is 9.59. The molecule has 8 nitrogen and oxygen atoms in total. The normalized spacial score (nSPS) is 16.3. The molecule has 0 atom stereocenters. The van der Waals surface area contributed by atoms with Crippen LogP contribution in [0.4, 0.5) is 0 Å². The van der Waals surface area contributed by atoms with Crippen LogP contribution in [0.1, 0.15) is 33.9 Å². The average Bonchev–Trinajstić information content (AvgIpc) is 3.13. The predicted octanol–water partition coefficient (Wildman–Crippen LogP) is 2.62. The van der Waals surface area contributed by atoms with Crippen molar-refractivity contribution in [1.29, 1.82) is 0 Å². The minimum absolute atomic E-state index is 0.115. The molecule has 0 bridgehead atoms. The molecule has 0 saturated carbocycles. The molecule has 1 saturated heterocycles. The van der Waals surface area contributed by atoms with Crippen molar-refractivity contribution < 1.29 is 17.7 Å². The summed E-state index contributed by atoms with van der Waals surface area (Å²) in [7, 11) is -3.71. The fourth-order valence-electron chi connectivity index (χ4n) is 3.85. The van der Waals surface area contributed by atoms with Gasteiger partial charge in [0.15, 0.2) is 5.76 Å². The van der Waals surface area contributed by atoms with Crippen molar-refractivity contribution in [2.75, 3.05) is 26.2 Å². The fourth-order valence-corrected chi connectivity index (χ4v) is 5.61. The summed E-state index contributed by atoms with van der Waals surface area (Å²) in [5.74, 6) is 0.170. The average molecular weight is 417 g/mol. The number of aryl methyl sites for hydroxylation is 3. The van der Waals surface area contributed by atoms with E-state index in [2.05, 4.69) is 10.1 Å². The highest BCUT2D eigenvalue weighted by atomic mass is 32.2. The molecule has 3 aromatic rings. The lowest BCUT2D eigenvalue weighted by molar-refractivity contribution is 0.0759. The van der Waals surface area contributed by atoms with Crippen LogP contribution < -0.4 is 0 Å². The number of amides is 1. The van der Waals surface area contributed by atoms with Crippen molar-refractivity contribution in [3.63, 3.8) is 0 Å². The Morgan fingerprint density at radius 2 is 1.90 bits per heavy atom. The lowest BCUT2D eigenvalue weighted by Crippen LogP contribution is -2.37. The molecular weight excluding hydrogens is 392 g/mol. The lowest BCUT2D eigenvalue weighted by atomic mass is 10.2. The number of hydrogen-bond acceptors (Lipinski definition) is 5. The number of fused-ring (bicyclic) bond motifs is 1. The molecule has 3 heterocycles. The van der Waals surface area contributed by atoms with Crippen LogP contribution in [-0.2, 0) is 10.0 Å². The van der Waals surface area contributed by atoms with Crippen LogP contribution in [0.2, 0.25) is 0 Å². The van der Waals surface area contributed by atoms with Crippen LogP contribution >= 0.6 is 0 Å². The molecule has 0 aliphatic carbocycles. The monoisotopic (exact) mass is 416 g/mol. The van der Waals surface area contributed by atoms with Gasteiger partial charge in [-0.3, -0.25) is 4.79 Å². The highest BCUT2D eigenvalue weighted by Crippen LogP contribution is 2.25. The first-order chi connectivity index (χ1) is 13.8. The van der Waals surface area contributed by atoms with Crippen molar-refractivity contribution in [2.24, 2.45) is 0 Å². The van der Waals surface area contributed by atoms with Crippen LogP contribution in [-0.4, -0.2) is 59.8 Å². The van der Waals surface area contributed by atoms with E-state index in [1.807, 2.05) is 31.2 Å². The van der Waals surface area contributed by atoms with Crippen molar-refractivity contribution in [3.05, 3.63) is 47.0 Å². The SMILES string of the molecule is Cc1ccc2[nH]c(C(=O)N3CCCN(S(=O)(=O)c4c(C)noc4C)CC3)cc2c1. The number of aromatic nitrogens is 2. The molecule has 1 aliphatic heterocycles. The van der Waals surface area contributed by atoms with Crippen LogP contribution in [0.15, 0.2) is 33.7 Å². The third-order valence-electron chi connectivity index (χ3n) is 5.31. The Hall–Kier alpha value is -2.65. The summed E-state index contributed by atoms with van der Waals surface area (Å²) in [6.45, 7) is 6.64. The van der Waals surface area contributed by atoms with Gasteiger partial charge in [-0.25, -0.2) is 8.42 Å². The Balaban J connectivity index is 1.53. The van der Waals surface area contributed by atoms with Gasteiger partial charge in [-0.05, 0) is 45.4 Å². The molecule has 1 aliphatic rings. The van der Waals surface area contributed by atoms with Gasteiger partial charge in [-0.1, -0.05) is 16.8 Å². The smallest absolute Gasteiger partial charge is 0.270 e. The first-order valence-corrected chi connectivity index (χ1v) is 11.0. The Kier molecular flexibility index (Phi) is 4.95. The molecule has 2 aromatic heterocycles. The van der Waals surface area contributed by atoms with Gasteiger partial charge in [0.1, 0.15) is 16.3 Å². The summed E-state index contributed by atoms with van der Waals surface area (Å²) in [6, 6.07) is 7.84. The minimum atomic E-state index is -3.71. The van der Waals surface area contributed by atoms with E-state index >= 15 is 0 Å². The molecule has 1 aromatic carbocycles. The molecule has 1 amide bonds. The maximum atomic E-state index is 13.1. The molecular formula is C20H24N4O4S. The van der Waals surface area contributed by atoms with Crippen LogP contribution in [0.5, 0.6) is 0 Å². The number of H-pyrrole nitrogens is 1. The highest BCUT2D eigenvalue weighted by Gasteiger charge is 2.33. The van der Waals surface area contributed by atoms with Crippen molar-refractivity contribution in [3.8, 4) is 0 Å². The third kappa shape index (κ3) is 3.56. The van der Waals surface area contributed by atoms with Gasteiger partial charge in [0.2, 0.25) is 10.0 Å². The number of nitrogens with one attached hydrogen (secondary N) is 1. The molecule has 0 spiro atoms. The van der Waals surface area contributed by atoms with Gasteiger partial charge in [0.05, 0.1) is 0 Å². The molecule has 1 fully saturated rings. The van der Waals surface area contributed by atoms with Gasteiger partial charge >= 0.3 is 0 Å². The fraction of sp³-hybridized carbons (Fsp3) is 0.400. The molecule has 29 heavy (non-hydrogen) atoms. The summed E-state index contributed by atoms with van der Waals surface area (Å²) in [6.07, 6.45) is 0.563. The maximum Gasteiger partial charge on any atom is 0.270 e. The summed E-state index contributed by atoms with van der Waals surface area (Å²) in [4.78, 5) is 18.0. The zero-order chi connectivity index (χ0) is 20.8. The van der Waals surface area contributed by atoms with E-state index in [1.165, 1.54) is 4.31 Å². The van der Waals surface area contributed by atoms with E-state index in [-0.39, 0.29) is 23.1 Å². The van der Waals surface area contributed by atoms with E-state index in [0.29, 0.717) is 37.4 Å². The zero-order valence-electron chi connectivity index (χ0n) is 16.7. The van der Waals surface area contributed by atoms with E-state index in [4.69, 9.17) is 4.52 Å². The summed E-state index contributed by atoms with van der Waals surface area (Å²) >= 11 is 0. The number of rotatable bonds is 3. The lowest BCUT2D eigenvalue weighted by Gasteiger charge is -2.21. The summed E-state index contributed by atoms with van der Waals surface area (Å²) in [5, 5.41) is 4.75. The largest absolute Gasteiger partial charge is 0.360 e. The standard InChI is InChI=1S/C20H24N4O4S/c1-13-5-6-17-16(11-13)12-18(21-17)20(25)23-7-4-8-24(10-9-23)29(26,27)19-14(2)22-28-15(19)3/h5-6,11-12,21H,4,7-10H2,1-3H3. The number of aromatic amines is 1. The van der Waals surface area contributed by atoms with Gasteiger partial charge in [0, 0.05) is 37.1 Å². The molecule has 4 rings (SSSR count). The Morgan fingerprint density at radius 1 is 1.10 bits per heavy atom. The van der Waals surface area contributed by atoms with Gasteiger partial charge in [-0.2, -0.15) is 4.31 Å². The van der Waals surface area contributed by atoms with Gasteiger partial charge in [0.25, 0.3) is 5.91 Å². The van der Waals surface area contributed by atoms with Gasteiger partial charge in [-0.15, -0.1) is 0 Å². The molecule has 154 valence electrons. The van der Waals surface area contributed by atoms with Crippen LogP contribution in [0.3, 0.4) is 0 Å². The number of carbonyl (C=O) groups is 1. The number of benzene rings is 1. The van der Waals surface area contributed by atoms with Crippen LogP contribution in [0.25, 0.3) is 10.9 Å². The third-order valence-corrected chi connectivity index (χ3v) is 7.46. The molecule has 0 radical (unpaired) electrons. The number of carbonyl (C=O) groups excluding carboxylic acids is 1. The molecule has 0 unspecified atom stereocenters. The quantitative estimate of drug-likeness (QED) is 0.708. The summed E-state index contributed by atoms with van der Waals surface area (Å²) in [5.41, 5.74) is 2.92. The number of nitrogens with zero attached hydrogens (tertiary/aromatic N) is 3. The van der Waals surface area contributed by atoms with Crippen molar-refractivity contribution >= 4 is 26.8 Å². The van der Waals surface area contributed by atoms with E-state index < -0.39 is 10.0 Å².